The Bertz CT molecular complexity index is 889. The number of furan rings is 1. The summed E-state index contributed by atoms with van der Waals surface area (Å²) in [7, 11) is 0. The second-order valence-corrected chi connectivity index (χ2v) is 5.77. The van der Waals surface area contributed by atoms with Crippen LogP contribution in [0.25, 0.3) is 11.0 Å². The molecule has 26 heavy (non-hydrogen) atoms. The van der Waals surface area contributed by atoms with Crippen molar-refractivity contribution in [2.24, 2.45) is 10.1 Å². The zero-order valence-electron chi connectivity index (χ0n) is 14.6. The van der Waals surface area contributed by atoms with Crippen molar-refractivity contribution in [3.63, 3.8) is 0 Å². The predicted octanol–water partition coefficient (Wildman–Crippen LogP) is 3.44. The third kappa shape index (κ3) is 4.97. The molecule has 0 aliphatic carbocycles. The van der Waals surface area contributed by atoms with Gasteiger partial charge in [-0.3, -0.25) is 5.43 Å². The van der Waals surface area contributed by atoms with Crippen molar-refractivity contribution < 1.29 is 13.9 Å². The molecule has 0 radical (unpaired) electrons. The van der Waals surface area contributed by atoms with Crippen LogP contribution in [0, 0.1) is 11.3 Å². The number of carbonyl (C=O) groups excluding carboxylic acids is 1. The monoisotopic (exact) mass is 370 g/mol. The molecule has 0 unspecified atom stereocenters. The molecule has 0 atom stereocenters. The number of amidine groups is 1. The van der Waals surface area contributed by atoms with Crippen molar-refractivity contribution in [3.8, 4) is 6.07 Å². The summed E-state index contributed by atoms with van der Waals surface area (Å²) in [4.78, 5) is 15.6. The second-order valence-electron chi connectivity index (χ2n) is 4.97. The lowest BCUT2D eigenvalue weighted by Crippen LogP contribution is -2.15. The highest BCUT2D eigenvalue weighted by molar-refractivity contribution is 8.13. The first-order valence-corrected chi connectivity index (χ1v) is 9.00. The fourth-order valence-corrected chi connectivity index (χ4v) is 2.23. The van der Waals surface area contributed by atoms with Crippen molar-refractivity contribution in [1.29, 1.82) is 5.26 Å². The Morgan fingerprint density at radius 3 is 2.88 bits per heavy atom. The van der Waals surface area contributed by atoms with Gasteiger partial charge in [-0.2, -0.15) is 10.4 Å². The molecule has 2 aromatic rings. The van der Waals surface area contributed by atoms with E-state index in [1.165, 1.54) is 11.8 Å². The number of para-hydroxylation sites is 1. The maximum Gasteiger partial charge on any atom is 0.350 e. The second kappa shape index (κ2) is 9.44. The largest absolute Gasteiger partial charge is 0.462 e. The summed E-state index contributed by atoms with van der Waals surface area (Å²) in [6, 6.07) is 11.4. The van der Waals surface area contributed by atoms with E-state index >= 15 is 0 Å². The van der Waals surface area contributed by atoms with E-state index < -0.39 is 5.97 Å². The number of hydrogen-bond acceptors (Lipinski definition) is 7. The Morgan fingerprint density at radius 1 is 1.46 bits per heavy atom. The number of rotatable bonds is 5. The zero-order valence-corrected chi connectivity index (χ0v) is 15.5. The molecule has 0 aliphatic rings. The number of carbonyl (C=O) groups is 1. The van der Waals surface area contributed by atoms with Gasteiger partial charge in [-0.25, -0.2) is 9.79 Å². The van der Waals surface area contributed by atoms with Crippen molar-refractivity contribution >= 4 is 39.6 Å². The van der Waals surface area contributed by atoms with Crippen LogP contribution in [0.5, 0.6) is 0 Å². The molecule has 1 aromatic heterocycles. The average Bonchev–Trinajstić information content (AvgIpc) is 3.09. The molecular formula is C18H18N4O3S. The van der Waals surface area contributed by atoms with Crippen molar-refractivity contribution in [2.75, 3.05) is 12.9 Å². The van der Waals surface area contributed by atoms with E-state index in [1.54, 1.807) is 26.2 Å². The number of hydrogen-bond donors (Lipinski definition) is 1. The molecule has 0 saturated carbocycles. The Kier molecular flexibility index (Phi) is 7.00. The van der Waals surface area contributed by atoms with Crippen molar-refractivity contribution in [1.82, 2.24) is 5.43 Å². The Morgan fingerprint density at radius 2 is 2.23 bits per heavy atom. The zero-order chi connectivity index (χ0) is 18.9. The van der Waals surface area contributed by atoms with Gasteiger partial charge in [0.2, 0.25) is 0 Å². The van der Waals surface area contributed by atoms with Gasteiger partial charge in [0.1, 0.15) is 17.4 Å². The molecule has 0 amide bonds. The summed E-state index contributed by atoms with van der Waals surface area (Å²) in [5.41, 5.74) is 4.04. The number of fused-ring (bicyclic) bond motifs is 1. The number of ether oxygens (including phenoxy) is 1. The van der Waals surface area contributed by atoms with Crippen molar-refractivity contribution in [3.05, 3.63) is 47.9 Å². The maximum absolute atomic E-state index is 11.6. The Hall–Kier alpha value is -3.05. The third-order valence-corrected chi connectivity index (χ3v) is 3.80. The SMILES string of the molecule is CCOC(=O)/C(C#N)=C/N=C(N/N=C(/C)c1cc2ccccc2o1)SC. The summed E-state index contributed by atoms with van der Waals surface area (Å²) in [5, 5.41) is 14.6. The molecule has 7 nitrogen and oxygen atoms in total. The van der Waals surface area contributed by atoms with Crippen LogP contribution in [0.3, 0.4) is 0 Å². The van der Waals surface area contributed by atoms with Crippen LogP contribution in [-0.4, -0.2) is 29.7 Å². The van der Waals surface area contributed by atoms with E-state index in [9.17, 15) is 4.79 Å². The molecule has 0 saturated heterocycles. The van der Waals surface area contributed by atoms with E-state index in [0.29, 0.717) is 16.6 Å². The molecule has 134 valence electrons. The Labute approximate surface area is 155 Å². The van der Waals surface area contributed by atoms with Crippen LogP contribution in [0.2, 0.25) is 0 Å². The van der Waals surface area contributed by atoms with Gasteiger partial charge in [0.05, 0.1) is 12.8 Å². The first kappa shape index (κ1) is 19.3. The van der Waals surface area contributed by atoms with Gasteiger partial charge in [-0.05, 0) is 32.2 Å². The molecule has 2 rings (SSSR count). The highest BCUT2D eigenvalue weighted by atomic mass is 32.2. The molecule has 8 heteroatoms. The fraction of sp³-hybridized carbons (Fsp3) is 0.222. The van der Waals surface area contributed by atoms with Crippen LogP contribution in [0.1, 0.15) is 19.6 Å². The van der Waals surface area contributed by atoms with Gasteiger partial charge < -0.3 is 9.15 Å². The van der Waals surface area contributed by atoms with Gasteiger partial charge in [0.25, 0.3) is 0 Å². The first-order chi connectivity index (χ1) is 12.6. The Balaban J connectivity index is 2.14. The summed E-state index contributed by atoms with van der Waals surface area (Å²) >= 11 is 1.28. The smallest absolute Gasteiger partial charge is 0.350 e. The topological polar surface area (TPSA) is 100.0 Å². The molecule has 0 aliphatic heterocycles. The quantitative estimate of drug-likeness (QED) is 0.216. The van der Waals surface area contributed by atoms with Crippen molar-refractivity contribution in [2.45, 2.75) is 13.8 Å². The minimum atomic E-state index is -0.707. The predicted molar refractivity (Wildman–Crippen MR) is 103 cm³/mol. The number of nitrogens with zero attached hydrogens (tertiary/aromatic N) is 3. The molecule has 0 spiro atoms. The number of hydrazone groups is 1. The summed E-state index contributed by atoms with van der Waals surface area (Å²) in [5.74, 6) is -0.0694. The standard InChI is InChI=1S/C18H18N4O3S/c1-4-24-17(23)14(10-19)11-20-18(26-3)22-21-12(2)16-9-13-7-5-6-8-15(13)25-16/h5-9,11H,4H2,1-3H3,(H,20,22)/b14-11+,21-12-. The van der Waals surface area contributed by atoms with E-state index in [-0.39, 0.29) is 12.2 Å². The van der Waals surface area contributed by atoms with E-state index in [0.717, 1.165) is 17.2 Å². The molecule has 1 heterocycles. The normalized spacial score (nSPS) is 12.8. The minimum absolute atomic E-state index is 0.182. The van der Waals surface area contributed by atoms with Gasteiger partial charge in [0.15, 0.2) is 16.5 Å². The molecular weight excluding hydrogens is 352 g/mol. The lowest BCUT2D eigenvalue weighted by Gasteiger charge is -2.02. The first-order valence-electron chi connectivity index (χ1n) is 7.77. The number of esters is 1. The van der Waals surface area contributed by atoms with Gasteiger partial charge in [-0.1, -0.05) is 30.0 Å². The lowest BCUT2D eigenvalue weighted by atomic mass is 10.2. The van der Waals surface area contributed by atoms with Crippen LogP contribution in [0.4, 0.5) is 0 Å². The maximum atomic E-state index is 11.6. The highest BCUT2D eigenvalue weighted by Gasteiger charge is 2.09. The number of aliphatic imine (C=N–C) groups is 1. The average molecular weight is 370 g/mol. The lowest BCUT2D eigenvalue weighted by molar-refractivity contribution is -0.138. The molecule has 1 aromatic carbocycles. The van der Waals surface area contributed by atoms with E-state index in [1.807, 2.05) is 30.3 Å². The fourth-order valence-electron chi connectivity index (χ4n) is 1.93. The number of nitrogens with one attached hydrogen (secondary N) is 1. The highest BCUT2D eigenvalue weighted by Crippen LogP contribution is 2.19. The number of nitriles is 1. The van der Waals surface area contributed by atoms with Crippen LogP contribution < -0.4 is 5.43 Å². The van der Waals surface area contributed by atoms with E-state index in [2.05, 4.69) is 15.5 Å². The third-order valence-electron chi connectivity index (χ3n) is 3.22. The minimum Gasteiger partial charge on any atom is -0.462 e. The van der Waals surface area contributed by atoms with Crippen LogP contribution >= 0.6 is 11.8 Å². The summed E-state index contributed by atoms with van der Waals surface area (Å²) in [6.45, 7) is 3.66. The van der Waals surface area contributed by atoms with Crippen LogP contribution in [-0.2, 0) is 9.53 Å². The van der Waals surface area contributed by atoms with Gasteiger partial charge in [0, 0.05) is 5.39 Å². The number of thioether (sulfide) groups is 1. The van der Waals surface area contributed by atoms with Gasteiger partial charge >= 0.3 is 5.97 Å². The van der Waals surface area contributed by atoms with E-state index in [4.69, 9.17) is 14.4 Å². The van der Waals surface area contributed by atoms with Crippen LogP contribution in [0.15, 0.2) is 56.6 Å². The summed E-state index contributed by atoms with van der Waals surface area (Å²) < 4.78 is 10.5. The number of benzene rings is 1. The molecule has 0 bridgehead atoms. The molecule has 1 N–H and O–H groups in total. The van der Waals surface area contributed by atoms with Gasteiger partial charge in [-0.15, -0.1) is 0 Å². The molecule has 0 fully saturated rings. The summed E-state index contributed by atoms with van der Waals surface area (Å²) in [6.07, 6.45) is 2.95.